The monoisotopic (exact) mass is 478 g/mol. The summed E-state index contributed by atoms with van der Waals surface area (Å²) < 4.78 is 7.68. The van der Waals surface area contributed by atoms with Crippen LogP contribution in [0.3, 0.4) is 0 Å². The van der Waals surface area contributed by atoms with Crippen molar-refractivity contribution >= 4 is 17.7 Å². The van der Waals surface area contributed by atoms with Crippen molar-refractivity contribution in [1.29, 1.82) is 0 Å². The van der Waals surface area contributed by atoms with E-state index in [1.54, 1.807) is 12.5 Å². The summed E-state index contributed by atoms with van der Waals surface area (Å²) in [5.41, 5.74) is -0.434. The zero-order chi connectivity index (χ0) is 24.3. The summed E-state index contributed by atoms with van der Waals surface area (Å²) in [6.45, 7) is 2.74. The molecular weight excluding hydrogens is 444 g/mol. The molecular formula is C27H34N4O4. The molecule has 3 amide bonds. The number of imide groups is 1. The van der Waals surface area contributed by atoms with Crippen molar-refractivity contribution in [1.82, 2.24) is 19.4 Å². The van der Waals surface area contributed by atoms with Gasteiger partial charge >= 0.3 is 0 Å². The molecule has 3 heterocycles. The van der Waals surface area contributed by atoms with Crippen LogP contribution in [0.15, 0.2) is 49.1 Å². The van der Waals surface area contributed by atoms with Gasteiger partial charge in [-0.05, 0) is 37.2 Å². The number of rotatable bonds is 10. The number of hydrogen-bond donors (Lipinski definition) is 0. The molecule has 2 aromatic rings. The maximum Gasteiger partial charge on any atom is 0.240 e. The molecule has 8 nitrogen and oxygen atoms in total. The van der Waals surface area contributed by atoms with Crippen LogP contribution in [-0.2, 0) is 31.1 Å². The highest BCUT2D eigenvalue weighted by Crippen LogP contribution is 2.40. The van der Waals surface area contributed by atoms with Crippen LogP contribution >= 0.6 is 0 Å². The van der Waals surface area contributed by atoms with E-state index in [0.717, 1.165) is 37.9 Å². The quantitative estimate of drug-likeness (QED) is 0.491. The Morgan fingerprint density at radius 1 is 1.09 bits per heavy atom. The molecule has 35 heavy (non-hydrogen) atoms. The molecule has 0 radical (unpaired) electrons. The van der Waals surface area contributed by atoms with Gasteiger partial charge in [-0.15, -0.1) is 0 Å². The third-order valence-corrected chi connectivity index (χ3v) is 7.83. The molecule has 3 fully saturated rings. The lowest BCUT2D eigenvalue weighted by Gasteiger charge is -2.36. The van der Waals surface area contributed by atoms with Gasteiger partial charge in [-0.2, -0.15) is 0 Å². The fourth-order valence-corrected chi connectivity index (χ4v) is 5.55. The van der Waals surface area contributed by atoms with Gasteiger partial charge in [0, 0.05) is 58.0 Å². The highest BCUT2D eigenvalue weighted by atomic mass is 16.5. The Bertz CT molecular complexity index is 1030. The predicted molar refractivity (Wildman–Crippen MR) is 129 cm³/mol. The number of ether oxygens (including phenoxy) is 1. The molecule has 0 N–H and O–H groups in total. The van der Waals surface area contributed by atoms with Gasteiger partial charge in [-0.25, -0.2) is 4.98 Å². The van der Waals surface area contributed by atoms with Crippen LogP contribution < -0.4 is 0 Å². The second-order valence-corrected chi connectivity index (χ2v) is 10.2. The molecule has 2 atom stereocenters. The van der Waals surface area contributed by atoms with E-state index in [1.165, 1.54) is 11.3 Å². The average Bonchev–Trinajstić information content (AvgIpc) is 3.58. The Labute approximate surface area is 206 Å². The highest BCUT2D eigenvalue weighted by molar-refractivity contribution is 6.10. The molecule has 5 rings (SSSR count). The molecule has 186 valence electrons. The van der Waals surface area contributed by atoms with E-state index >= 15 is 0 Å². The number of carbonyl (C=O) groups is 3. The van der Waals surface area contributed by atoms with Crippen LogP contribution in [0.2, 0.25) is 0 Å². The van der Waals surface area contributed by atoms with Crippen molar-refractivity contribution < 1.29 is 19.1 Å². The highest BCUT2D eigenvalue weighted by Gasteiger charge is 2.54. The maximum atomic E-state index is 13.9. The van der Waals surface area contributed by atoms with Crippen LogP contribution in [0.5, 0.6) is 0 Å². The Balaban J connectivity index is 1.38. The van der Waals surface area contributed by atoms with Crippen LogP contribution in [0.25, 0.3) is 0 Å². The van der Waals surface area contributed by atoms with Crippen molar-refractivity contribution in [2.75, 3.05) is 26.2 Å². The summed E-state index contributed by atoms with van der Waals surface area (Å²) in [5.74, 6) is -0.0474. The predicted octanol–water partition coefficient (Wildman–Crippen LogP) is 2.78. The van der Waals surface area contributed by atoms with Crippen molar-refractivity contribution in [3.63, 3.8) is 0 Å². The summed E-state index contributed by atoms with van der Waals surface area (Å²) >= 11 is 0. The van der Waals surface area contributed by atoms with Gasteiger partial charge in [0.05, 0.1) is 17.8 Å². The van der Waals surface area contributed by atoms with E-state index in [2.05, 4.69) is 4.98 Å². The van der Waals surface area contributed by atoms with Crippen LogP contribution in [0, 0.1) is 5.92 Å². The van der Waals surface area contributed by atoms with Gasteiger partial charge in [0.25, 0.3) is 0 Å². The van der Waals surface area contributed by atoms with E-state index in [4.69, 9.17) is 4.74 Å². The first-order valence-corrected chi connectivity index (χ1v) is 12.8. The molecule has 0 spiro atoms. The molecule has 1 aliphatic carbocycles. The van der Waals surface area contributed by atoms with Gasteiger partial charge in [0.15, 0.2) is 0 Å². The van der Waals surface area contributed by atoms with Gasteiger partial charge in [-0.3, -0.25) is 19.3 Å². The van der Waals surface area contributed by atoms with E-state index in [0.29, 0.717) is 25.6 Å². The number of aromatic nitrogens is 2. The van der Waals surface area contributed by atoms with Gasteiger partial charge in [-0.1, -0.05) is 36.8 Å². The number of carbonyl (C=O) groups excluding carboxylic acids is 3. The standard InChI is InChI=1S/C27H34N4O4/c32-24(30(18-21-6-4-7-21)19-23-10-5-15-35-23)16-27(22-8-2-1-3-9-22)17-25(33)31(26(27)34)14-13-29-12-11-28-20-29/h1-3,8-9,11-12,20-21,23H,4-7,10,13-19H2/t23-,27-/m1/s1. The van der Waals surface area contributed by atoms with E-state index in [1.807, 2.05) is 46.0 Å². The molecule has 2 aliphatic heterocycles. The first kappa shape index (κ1) is 23.7. The second kappa shape index (κ2) is 10.3. The van der Waals surface area contributed by atoms with E-state index in [-0.39, 0.29) is 43.2 Å². The number of hydrogen-bond acceptors (Lipinski definition) is 5. The first-order valence-electron chi connectivity index (χ1n) is 12.8. The molecule has 8 heteroatoms. The summed E-state index contributed by atoms with van der Waals surface area (Å²) in [6.07, 6.45) is 10.7. The largest absolute Gasteiger partial charge is 0.376 e. The van der Waals surface area contributed by atoms with E-state index in [9.17, 15) is 14.4 Å². The summed E-state index contributed by atoms with van der Waals surface area (Å²) in [4.78, 5) is 48.1. The van der Waals surface area contributed by atoms with Crippen LogP contribution in [0.4, 0.5) is 0 Å². The Morgan fingerprint density at radius 2 is 1.91 bits per heavy atom. The second-order valence-electron chi connectivity index (χ2n) is 10.2. The molecule has 2 saturated heterocycles. The Morgan fingerprint density at radius 3 is 2.57 bits per heavy atom. The minimum atomic E-state index is -1.17. The Kier molecular flexibility index (Phi) is 7.00. The normalized spacial score (nSPS) is 24.7. The van der Waals surface area contributed by atoms with Gasteiger partial charge in [0.1, 0.15) is 0 Å². The molecule has 1 aromatic carbocycles. The van der Waals surface area contributed by atoms with E-state index < -0.39 is 5.41 Å². The number of imidazole rings is 1. The smallest absolute Gasteiger partial charge is 0.240 e. The van der Waals surface area contributed by atoms with Crippen molar-refractivity contribution in [2.24, 2.45) is 5.92 Å². The first-order chi connectivity index (χ1) is 17.0. The Hall–Kier alpha value is -3.00. The fraction of sp³-hybridized carbons (Fsp3) is 0.556. The van der Waals surface area contributed by atoms with Crippen molar-refractivity contribution in [3.8, 4) is 0 Å². The molecule has 0 unspecified atom stereocenters. The molecule has 3 aliphatic rings. The molecule has 0 bridgehead atoms. The zero-order valence-electron chi connectivity index (χ0n) is 20.2. The lowest BCUT2D eigenvalue weighted by Crippen LogP contribution is -2.47. The SMILES string of the molecule is O=C(C[C@]1(c2ccccc2)CC(=O)N(CCn2ccnc2)C1=O)N(CC1CCC1)C[C@H]1CCCO1. The van der Waals surface area contributed by atoms with Crippen molar-refractivity contribution in [2.45, 2.75) is 63.0 Å². The number of nitrogens with zero attached hydrogens (tertiary/aromatic N) is 4. The fourth-order valence-electron chi connectivity index (χ4n) is 5.55. The lowest BCUT2D eigenvalue weighted by atomic mass is 9.75. The summed E-state index contributed by atoms with van der Waals surface area (Å²) in [7, 11) is 0. The maximum absolute atomic E-state index is 13.9. The zero-order valence-corrected chi connectivity index (χ0v) is 20.2. The van der Waals surface area contributed by atoms with Gasteiger partial charge < -0.3 is 14.2 Å². The number of benzene rings is 1. The third kappa shape index (κ3) is 5.03. The minimum Gasteiger partial charge on any atom is -0.376 e. The number of likely N-dealkylation sites (tertiary alicyclic amines) is 1. The summed E-state index contributed by atoms with van der Waals surface area (Å²) in [6, 6.07) is 9.36. The van der Waals surface area contributed by atoms with Crippen LogP contribution in [-0.4, -0.2) is 69.4 Å². The lowest BCUT2D eigenvalue weighted by molar-refractivity contribution is -0.143. The minimum absolute atomic E-state index is 0.00258. The molecule has 1 saturated carbocycles. The topological polar surface area (TPSA) is 84.7 Å². The van der Waals surface area contributed by atoms with Crippen LogP contribution in [0.1, 0.15) is 50.5 Å². The average molecular weight is 479 g/mol. The number of amides is 3. The van der Waals surface area contributed by atoms with Crippen molar-refractivity contribution in [3.05, 3.63) is 54.6 Å². The third-order valence-electron chi connectivity index (χ3n) is 7.83. The summed E-state index contributed by atoms with van der Waals surface area (Å²) in [5, 5.41) is 0. The van der Waals surface area contributed by atoms with Gasteiger partial charge in [0.2, 0.25) is 17.7 Å². The molecule has 1 aromatic heterocycles.